The highest BCUT2D eigenvalue weighted by molar-refractivity contribution is 6.15. The van der Waals surface area contributed by atoms with Crippen LogP contribution in [0, 0.1) is 5.92 Å². The van der Waals surface area contributed by atoms with E-state index in [1.807, 2.05) is 6.07 Å². The number of ether oxygens (including phenoxy) is 1. The van der Waals surface area contributed by atoms with Gasteiger partial charge >= 0.3 is 6.18 Å². The number of rotatable bonds is 6. The zero-order chi connectivity index (χ0) is 27.7. The first-order chi connectivity index (χ1) is 18.6. The van der Waals surface area contributed by atoms with Crippen LogP contribution in [0.2, 0.25) is 0 Å². The largest absolute Gasteiger partial charge is 0.438 e. The molecule has 2 unspecified atom stereocenters. The number of anilines is 3. The second kappa shape index (κ2) is 11.0. The first-order valence-electron chi connectivity index (χ1n) is 12.9. The van der Waals surface area contributed by atoms with Gasteiger partial charge in [0.05, 0.1) is 29.6 Å². The molecule has 1 amide bonds. The van der Waals surface area contributed by atoms with E-state index in [1.165, 1.54) is 17.3 Å². The predicted octanol–water partition coefficient (Wildman–Crippen LogP) is 3.38. The number of hydrogen-bond acceptors (Lipinski definition) is 9. The molecule has 210 valence electrons. The molecule has 3 aromatic rings. The Morgan fingerprint density at radius 2 is 2.03 bits per heavy atom. The number of amides is 1. The number of nitrogens with one attached hydrogen (secondary N) is 1. The minimum atomic E-state index is -4.37. The van der Waals surface area contributed by atoms with Gasteiger partial charge in [0.2, 0.25) is 5.88 Å². The SMILES string of the molecule is COC1CCN(Cc2cnc3c(C(=O)Nc4cnccc4N4CC(N)CC(C(F)(F)F)C4)c(N)oc3c2)CC1. The average Bonchev–Trinajstić information content (AvgIpc) is 3.23. The van der Waals surface area contributed by atoms with Crippen molar-refractivity contribution in [3.63, 3.8) is 0 Å². The molecule has 2 aliphatic heterocycles. The monoisotopic (exact) mass is 547 g/mol. The van der Waals surface area contributed by atoms with Gasteiger partial charge in [0.15, 0.2) is 5.58 Å². The van der Waals surface area contributed by atoms with E-state index in [0.717, 1.165) is 31.5 Å². The van der Waals surface area contributed by atoms with Gasteiger partial charge < -0.3 is 30.8 Å². The van der Waals surface area contributed by atoms with E-state index in [2.05, 4.69) is 20.2 Å². The Morgan fingerprint density at radius 3 is 2.74 bits per heavy atom. The molecular formula is C26H32F3N7O3. The number of halogens is 3. The Kier molecular flexibility index (Phi) is 7.65. The van der Waals surface area contributed by atoms with E-state index >= 15 is 0 Å². The van der Waals surface area contributed by atoms with Crippen molar-refractivity contribution < 1.29 is 27.1 Å². The van der Waals surface area contributed by atoms with E-state index in [-0.39, 0.29) is 42.7 Å². The summed E-state index contributed by atoms with van der Waals surface area (Å²) in [7, 11) is 1.73. The van der Waals surface area contributed by atoms with E-state index in [1.54, 1.807) is 19.4 Å². The fraction of sp³-hybridized carbons (Fsp3) is 0.500. The highest BCUT2D eigenvalue weighted by Crippen LogP contribution is 2.37. The van der Waals surface area contributed by atoms with Gasteiger partial charge in [0.1, 0.15) is 11.1 Å². The van der Waals surface area contributed by atoms with Gasteiger partial charge in [-0.25, -0.2) is 0 Å². The zero-order valence-corrected chi connectivity index (χ0v) is 21.6. The molecule has 2 fully saturated rings. The number of pyridine rings is 2. The van der Waals surface area contributed by atoms with Crippen LogP contribution in [0.25, 0.3) is 11.1 Å². The lowest BCUT2D eigenvalue weighted by molar-refractivity contribution is -0.177. The van der Waals surface area contributed by atoms with Gasteiger partial charge in [-0.05, 0) is 37.0 Å². The minimum absolute atomic E-state index is 0.0516. The lowest BCUT2D eigenvalue weighted by Crippen LogP contribution is -2.51. The fourth-order valence-electron chi connectivity index (χ4n) is 5.42. The van der Waals surface area contributed by atoms with Crippen molar-refractivity contribution in [2.75, 3.05) is 49.2 Å². The van der Waals surface area contributed by atoms with Crippen LogP contribution in [0.1, 0.15) is 35.2 Å². The summed E-state index contributed by atoms with van der Waals surface area (Å²) >= 11 is 0. The molecule has 2 saturated heterocycles. The van der Waals surface area contributed by atoms with Crippen molar-refractivity contribution in [2.24, 2.45) is 11.7 Å². The molecule has 5 rings (SSSR count). The lowest BCUT2D eigenvalue weighted by Gasteiger charge is -2.39. The second-order valence-electron chi connectivity index (χ2n) is 10.2. The molecule has 0 saturated carbocycles. The van der Waals surface area contributed by atoms with E-state index < -0.39 is 24.0 Å². The third-order valence-electron chi connectivity index (χ3n) is 7.45. The van der Waals surface area contributed by atoms with Crippen LogP contribution in [0.15, 0.2) is 35.1 Å². The predicted molar refractivity (Wildman–Crippen MR) is 140 cm³/mol. The Balaban J connectivity index is 1.34. The number of nitrogen functional groups attached to an aromatic ring is 1. The Morgan fingerprint density at radius 1 is 1.26 bits per heavy atom. The van der Waals surface area contributed by atoms with Gasteiger partial charge in [-0.3, -0.25) is 19.7 Å². The standard InChI is InChI=1S/C26H32F3N7O3/c1-38-18-3-6-35(7-4-18)12-15-8-21-23(33-10-15)22(24(31)39-21)25(37)34-19-11-32-5-2-20(19)36-13-16(26(27,28)29)9-17(30)14-36/h2,5,8,10-11,16-18H,3-4,6-7,9,12-14,30-31H2,1H3,(H,34,37). The van der Waals surface area contributed by atoms with Crippen LogP contribution in [-0.4, -0.2) is 72.4 Å². The smallest absolute Gasteiger partial charge is 0.393 e. The maximum Gasteiger partial charge on any atom is 0.393 e. The lowest BCUT2D eigenvalue weighted by atomic mass is 9.93. The maximum absolute atomic E-state index is 13.5. The number of piperidine rings is 2. The Hall–Kier alpha value is -3.42. The summed E-state index contributed by atoms with van der Waals surface area (Å²) in [6.07, 6.45) is 2.21. The van der Waals surface area contributed by atoms with Gasteiger partial charge in [0.25, 0.3) is 5.91 Å². The molecule has 10 nitrogen and oxygen atoms in total. The molecule has 0 aromatic carbocycles. The van der Waals surface area contributed by atoms with E-state index in [9.17, 15) is 18.0 Å². The summed E-state index contributed by atoms with van der Waals surface area (Å²) in [5.74, 6) is -2.28. The number of carbonyl (C=O) groups is 1. The molecule has 0 radical (unpaired) electrons. The molecule has 2 atom stereocenters. The minimum Gasteiger partial charge on any atom is -0.438 e. The highest BCUT2D eigenvalue weighted by Gasteiger charge is 2.44. The fourth-order valence-corrected chi connectivity index (χ4v) is 5.42. The zero-order valence-electron chi connectivity index (χ0n) is 21.6. The Bertz CT molecular complexity index is 1320. The summed E-state index contributed by atoms with van der Waals surface area (Å²) in [4.78, 5) is 25.7. The van der Waals surface area contributed by atoms with Crippen molar-refractivity contribution in [1.29, 1.82) is 0 Å². The van der Waals surface area contributed by atoms with Gasteiger partial charge in [0, 0.05) is 58.3 Å². The molecular weight excluding hydrogens is 515 g/mol. The first-order valence-corrected chi connectivity index (χ1v) is 12.9. The van der Waals surface area contributed by atoms with Gasteiger partial charge in [-0.2, -0.15) is 13.2 Å². The topological polar surface area (TPSA) is 136 Å². The van der Waals surface area contributed by atoms with Crippen LogP contribution < -0.4 is 21.7 Å². The molecule has 0 spiro atoms. The maximum atomic E-state index is 13.5. The number of fused-ring (bicyclic) bond motifs is 1. The van der Waals surface area contributed by atoms with Crippen LogP contribution in [-0.2, 0) is 11.3 Å². The molecule has 39 heavy (non-hydrogen) atoms. The third-order valence-corrected chi connectivity index (χ3v) is 7.45. The summed E-state index contributed by atoms with van der Waals surface area (Å²) < 4.78 is 51.6. The third kappa shape index (κ3) is 5.94. The molecule has 13 heteroatoms. The van der Waals surface area contributed by atoms with Crippen molar-refractivity contribution in [3.8, 4) is 0 Å². The van der Waals surface area contributed by atoms with Crippen molar-refractivity contribution in [2.45, 2.75) is 44.1 Å². The number of hydrogen-bond donors (Lipinski definition) is 3. The summed E-state index contributed by atoms with van der Waals surface area (Å²) in [6.45, 7) is 2.43. The number of likely N-dealkylation sites (tertiary alicyclic amines) is 1. The molecule has 5 heterocycles. The quantitative estimate of drug-likeness (QED) is 0.424. The summed E-state index contributed by atoms with van der Waals surface area (Å²) in [5.41, 5.74) is 14.3. The molecule has 2 aliphatic rings. The molecule has 0 bridgehead atoms. The molecule has 5 N–H and O–H groups in total. The number of furan rings is 1. The molecule has 3 aromatic heterocycles. The van der Waals surface area contributed by atoms with E-state index in [0.29, 0.717) is 23.3 Å². The van der Waals surface area contributed by atoms with Gasteiger partial charge in [-0.15, -0.1) is 0 Å². The molecule has 0 aliphatic carbocycles. The number of aromatic nitrogens is 2. The van der Waals surface area contributed by atoms with Gasteiger partial charge in [-0.1, -0.05) is 0 Å². The normalized spacial score (nSPS) is 21.4. The first kappa shape index (κ1) is 27.2. The van der Waals surface area contributed by atoms with Crippen LogP contribution >= 0.6 is 0 Å². The summed E-state index contributed by atoms with van der Waals surface area (Å²) in [5, 5.41) is 2.74. The second-order valence-corrected chi connectivity index (χ2v) is 10.2. The number of carbonyl (C=O) groups excluding carboxylic acids is 1. The van der Waals surface area contributed by atoms with Crippen LogP contribution in [0.5, 0.6) is 0 Å². The van der Waals surface area contributed by atoms with Crippen LogP contribution in [0.3, 0.4) is 0 Å². The summed E-state index contributed by atoms with van der Waals surface area (Å²) in [6, 6.07) is 2.71. The van der Waals surface area contributed by atoms with Crippen LogP contribution in [0.4, 0.5) is 30.4 Å². The van der Waals surface area contributed by atoms with Crippen molar-refractivity contribution in [3.05, 3.63) is 41.9 Å². The number of methoxy groups -OCH3 is 1. The van der Waals surface area contributed by atoms with Crippen molar-refractivity contribution in [1.82, 2.24) is 14.9 Å². The number of nitrogens with two attached hydrogens (primary N) is 2. The van der Waals surface area contributed by atoms with E-state index in [4.69, 9.17) is 20.6 Å². The highest BCUT2D eigenvalue weighted by atomic mass is 19.4. The number of alkyl halides is 3. The number of nitrogens with zero attached hydrogens (tertiary/aromatic N) is 4. The Labute approximate surface area is 223 Å². The van der Waals surface area contributed by atoms with Crippen molar-refractivity contribution >= 4 is 34.3 Å². The average molecular weight is 548 g/mol.